The first-order chi connectivity index (χ1) is 8.19. The predicted molar refractivity (Wildman–Crippen MR) is 65.3 cm³/mol. The molecule has 1 fully saturated rings. The SMILES string of the molecule is COc1ccc(CN2CCOC(C)C2)c(O)c1. The van der Waals surface area contributed by atoms with Crippen LogP contribution in [0.3, 0.4) is 0 Å². The molecular formula is C13H19NO3. The van der Waals surface area contributed by atoms with E-state index in [9.17, 15) is 5.11 Å². The van der Waals surface area contributed by atoms with Crippen LogP contribution < -0.4 is 4.74 Å². The van der Waals surface area contributed by atoms with Crippen LogP contribution in [0.25, 0.3) is 0 Å². The minimum absolute atomic E-state index is 0.268. The number of hydrogen-bond acceptors (Lipinski definition) is 4. The van der Waals surface area contributed by atoms with Crippen LogP contribution in [0.1, 0.15) is 12.5 Å². The minimum Gasteiger partial charge on any atom is -0.507 e. The topological polar surface area (TPSA) is 41.9 Å². The average Bonchev–Trinajstić information content (AvgIpc) is 2.32. The van der Waals surface area contributed by atoms with Crippen molar-refractivity contribution in [3.63, 3.8) is 0 Å². The Bertz CT molecular complexity index is 381. The second kappa shape index (κ2) is 5.38. The van der Waals surface area contributed by atoms with E-state index in [2.05, 4.69) is 11.8 Å². The summed E-state index contributed by atoms with van der Waals surface area (Å²) in [5.74, 6) is 0.977. The molecule has 4 nitrogen and oxygen atoms in total. The predicted octanol–water partition coefficient (Wildman–Crippen LogP) is 1.62. The standard InChI is InChI=1S/C13H19NO3/c1-10-8-14(5-6-17-10)9-11-3-4-12(16-2)7-13(11)15/h3-4,7,10,15H,5-6,8-9H2,1-2H3. The van der Waals surface area contributed by atoms with Crippen LogP contribution in [0.15, 0.2) is 18.2 Å². The molecule has 1 N–H and O–H groups in total. The van der Waals surface area contributed by atoms with Crippen LogP contribution in [0.5, 0.6) is 11.5 Å². The van der Waals surface area contributed by atoms with Crippen LogP contribution in [0.4, 0.5) is 0 Å². The molecule has 0 bridgehead atoms. The van der Waals surface area contributed by atoms with Gasteiger partial charge in [0.15, 0.2) is 0 Å². The summed E-state index contributed by atoms with van der Waals surface area (Å²) in [5, 5.41) is 9.88. The molecule has 94 valence electrons. The number of methoxy groups -OCH3 is 1. The zero-order valence-electron chi connectivity index (χ0n) is 10.3. The number of nitrogens with zero attached hydrogens (tertiary/aromatic N) is 1. The minimum atomic E-state index is 0.268. The van der Waals surface area contributed by atoms with Gasteiger partial charge < -0.3 is 14.6 Å². The van der Waals surface area contributed by atoms with Crippen molar-refractivity contribution < 1.29 is 14.6 Å². The van der Waals surface area contributed by atoms with Crippen molar-refractivity contribution >= 4 is 0 Å². The fourth-order valence-corrected chi connectivity index (χ4v) is 2.08. The quantitative estimate of drug-likeness (QED) is 0.867. The number of aromatic hydroxyl groups is 1. The fraction of sp³-hybridized carbons (Fsp3) is 0.538. The van der Waals surface area contributed by atoms with E-state index >= 15 is 0 Å². The molecule has 0 saturated carbocycles. The second-order valence-electron chi connectivity index (χ2n) is 4.41. The second-order valence-corrected chi connectivity index (χ2v) is 4.41. The van der Waals surface area contributed by atoms with Gasteiger partial charge in [0.05, 0.1) is 19.8 Å². The third kappa shape index (κ3) is 3.11. The van der Waals surface area contributed by atoms with Crippen LogP contribution in [-0.4, -0.2) is 42.9 Å². The molecule has 1 aromatic carbocycles. The Labute approximate surface area is 102 Å². The highest BCUT2D eigenvalue weighted by Crippen LogP contribution is 2.25. The molecule has 4 heteroatoms. The summed E-state index contributed by atoms with van der Waals surface area (Å²) in [6.07, 6.45) is 0.268. The summed E-state index contributed by atoms with van der Waals surface area (Å²) in [6, 6.07) is 5.44. The highest BCUT2D eigenvalue weighted by Gasteiger charge is 2.17. The smallest absolute Gasteiger partial charge is 0.123 e. The molecule has 0 spiro atoms. The molecule has 1 aliphatic heterocycles. The maximum atomic E-state index is 9.88. The lowest BCUT2D eigenvalue weighted by Crippen LogP contribution is -2.40. The largest absolute Gasteiger partial charge is 0.507 e. The number of phenols is 1. The summed E-state index contributed by atoms with van der Waals surface area (Å²) in [6.45, 7) is 5.41. The Morgan fingerprint density at radius 2 is 2.35 bits per heavy atom. The molecule has 0 radical (unpaired) electrons. The van der Waals surface area contributed by atoms with Crippen LogP contribution >= 0.6 is 0 Å². The van der Waals surface area contributed by atoms with Gasteiger partial charge in [0.1, 0.15) is 11.5 Å². The van der Waals surface area contributed by atoms with E-state index in [-0.39, 0.29) is 6.10 Å². The number of benzene rings is 1. The molecule has 1 aliphatic rings. The van der Waals surface area contributed by atoms with Gasteiger partial charge in [-0.05, 0) is 13.0 Å². The Morgan fingerprint density at radius 1 is 1.53 bits per heavy atom. The number of rotatable bonds is 3. The fourth-order valence-electron chi connectivity index (χ4n) is 2.08. The lowest BCUT2D eigenvalue weighted by Gasteiger charge is -2.31. The first kappa shape index (κ1) is 12.2. The van der Waals surface area contributed by atoms with Crippen molar-refractivity contribution in [2.75, 3.05) is 26.8 Å². The molecule has 1 aromatic rings. The maximum Gasteiger partial charge on any atom is 0.123 e. The van der Waals surface area contributed by atoms with E-state index in [4.69, 9.17) is 9.47 Å². The van der Waals surface area contributed by atoms with E-state index in [0.717, 1.165) is 31.8 Å². The summed E-state index contributed by atoms with van der Waals surface area (Å²) in [4.78, 5) is 2.29. The molecule has 0 aliphatic carbocycles. The van der Waals surface area contributed by atoms with Gasteiger partial charge in [0, 0.05) is 31.3 Å². The molecule has 1 heterocycles. The lowest BCUT2D eigenvalue weighted by atomic mass is 10.1. The van der Waals surface area contributed by atoms with Gasteiger partial charge in [-0.15, -0.1) is 0 Å². The van der Waals surface area contributed by atoms with Crippen molar-refractivity contribution in [2.45, 2.75) is 19.6 Å². The Morgan fingerprint density at radius 3 is 3.00 bits per heavy atom. The van der Waals surface area contributed by atoms with Crippen molar-refractivity contribution in [1.82, 2.24) is 4.90 Å². The van der Waals surface area contributed by atoms with E-state index < -0.39 is 0 Å². The van der Waals surface area contributed by atoms with E-state index in [1.54, 1.807) is 13.2 Å². The summed E-state index contributed by atoms with van der Waals surface area (Å²) in [7, 11) is 1.60. The first-order valence-corrected chi connectivity index (χ1v) is 5.89. The van der Waals surface area contributed by atoms with E-state index in [0.29, 0.717) is 11.5 Å². The molecule has 2 rings (SSSR count). The number of ether oxygens (including phenoxy) is 2. The number of phenolic OH excluding ortho intramolecular Hbond substituents is 1. The van der Waals surface area contributed by atoms with E-state index in [1.807, 2.05) is 12.1 Å². The van der Waals surface area contributed by atoms with Crippen molar-refractivity contribution in [3.8, 4) is 11.5 Å². The molecule has 1 unspecified atom stereocenters. The normalized spacial score (nSPS) is 21.4. The van der Waals surface area contributed by atoms with Crippen LogP contribution in [0.2, 0.25) is 0 Å². The molecule has 1 atom stereocenters. The molecule has 1 saturated heterocycles. The highest BCUT2D eigenvalue weighted by molar-refractivity contribution is 5.39. The van der Waals surface area contributed by atoms with Crippen LogP contribution in [0, 0.1) is 0 Å². The molecule has 17 heavy (non-hydrogen) atoms. The summed E-state index contributed by atoms with van der Waals surface area (Å²) >= 11 is 0. The van der Waals surface area contributed by atoms with Crippen molar-refractivity contribution in [1.29, 1.82) is 0 Å². The lowest BCUT2D eigenvalue weighted by molar-refractivity contribution is -0.0214. The van der Waals surface area contributed by atoms with Gasteiger partial charge in [-0.25, -0.2) is 0 Å². The van der Waals surface area contributed by atoms with Gasteiger partial charge in [-0.2, -0.15) is 0 Å². The van der Waals surface area contributed by atoms with Gasteiger partial charge in [-0.3, -0.25) is 4.90 Å². The third-order valence-electron chi connectivity index (χ3n) is 3.01. The molecular weight excluding hydrogens is 218 g/mol. The summed E-state index contributed by atoms with van der Waals surface area (Å²) in [5.41, 5.74) is 0.930. The summed E-state index contributed by atoms with van der Waals surface area (Å²) < 4.78 is 10.6. The Kier molecular flexibility index (Phi) is 3.86. The van der Waals surface area contributed by atoms with E-state index in [1.165, 1.54) is 0 Å². The zero-order chi connectivity index (χ0) is 12.3. The molecule has 0 amide bonds. The maximum absolute atomic E-state index is 9.88. The van der Waals surface area contributed by atoms with Crippen molar-refractivity contribution in [3.05, 3.63) is 23.8 Å². The third-order valence-corrected chi connectivity index (χ3v) is 3.01. The highest BCUT2D eigenvalue weighted by atomic mass is 16.5. The molecule has 0 aromatic heterocycles. The Balaban J connectivity index is 2.02. The van der Waals surface area contributed by atoms with Gasteiger partial charge in [0.25, 0.3) is 0 Å². The Hall–Kier alpha value is -1.26. The number of hydrogen-bond donors (Lipinski definition) is 1. The average molecular weight is 237 g/mol. The van der Waals surface area contributed by atoms with Gasteiger partial charge in [-0.1, -0.05) is 6.07 Å². The van der Waals surface area contributed by atoms with Crippen LogP contribution in [-0.2, 0) is 11.3 Å². The first-order valence-electron chi connectivity index (χ1n) is 5.89. The van der Waals surface area contributed by atoms with Crippen molar-refractivity contribution in [2.24, 2.45) is 0 Å². The number of morpholine rings is 1. The zero-order valence-corrected chi connectivity index (χ0v) is 10.3. The van der Waals surface area contributed by atoms with Gasteiger partial charge in [0.2, 0.25) is 0 Å². The monoisotopic (exact) mass is 237 g/mol. The van der Waals surface area contributed by atoms with Gasteiger partial charge >= 0.3 is 0 Å².